The molecule has 3 nitrogen and oxygen atoms in total. The van der Waals surface area contributed by atoms with E-state index < -0.39 is 0 Å². The van der Waals surface area contributed by atoms with Gasteiger partial charge in [0.15, 0.2) is 0 Å². The zero-order valence-corrected chi connectivity index (χ0v) is 7.95. The Morgan fingerprint density at radius 2 is 2.42 bits per heavy atom. The van der Waals surface area contributed by atoms with E-state index in [0.717, 1.165) is 18.7 Å². The van der Waals surface area contributed by atoms with Gasteiger partial charge in [-0.25, -0.2) is 4.98 Å². The lowest BCUT2D eigenvalue weighted by atomic mass is 10.2. The second-order valence-electron chi connectivity index (χ2n) is 2.92. The van der Waals surface area contributed by atoms with E-state index in [9.17, 15) is 0 Å². The summed E-state index contributed by atoms with van der Waals surface area (Å²) in [5, 5.41) is 0. The summed E-state index contributed by atoms with van der Waals surface area (Å²) in [6.07, 6.45) is 6.00. The third-order valence-electron chi connectivity index (χ3n) is 2.12. The zero-order chi connectivity index (χ0) is 8.97. The number of rotatable bonds is 4. The van der Waals surface area contributed by atoms with E-state index in [4.69, 9.17) is 4.74 Å². The molecule has 12 heavy (non-hydrogen) atoms. The van der Waals surface area contributed by atoms with Gasteiger partial charge in [0, 0.05) is 33.0 Å². The second kappa shape index (κ2) is 4.26. The molecule has 0 fully saturated rings. The first kappa shape index (κ1) is 9.26. The monoisotopic (exact) mass is 168 g/mol. The van der Waals surface area contributed by atoms with Crippen LogP contribution in [0.15, 0.2) is 12.4 Å². The van der Waals surface area contributed by atoms with Crippen molar-refractivity contribution in [3.63, 3.8) is 0 Å². The first-order valence-electron chi connectivity index (χ1n) is 4.27. The van der Waals surface area contributed by atoms with Crippen molar-refractivity contribution in [2.75, 3.05) is 7.11 Å². The molecule has 0 spiro atoms. The molecule has 0 radical (unpaired) electrons. The summed E-state index contributed by atoms with van der Waals surface area (Å²) in [6, 6.07) is 0. The molecule has 1 atom stereocenters. The van der Waals surface area contributed by atoms with Crippen LogP contribution >= 0.6 is 0 Å². The van der Waals surface area contributed by atoms with E-state index in [1.165, 1.54) is 0 Å². The molecule has 0 aromatic carbocycles. The molecule has 68 valence electrons. The van der Waals surface area contributed by atoms with Gasteiger partial charge in [-0.15, -0.1) is 0 Å². The van der Waals surface area contributed by atoms with Crippen LogP contribution in [0.2, 0.25) is 0 Å². The molecular formula is C9H16N2O. The van der Waals surface area contributed by atoms with Crippen LogP contribution in [0.5, 0.6) is 0 Å². The van der Waals surface area contributed by atoms with Crippen LogP contribution in [0, 0.1) is 0 Å². The average molecular weight is 168 g/mol. The van der Waals surface area contributed by atoms with Gasteiger partial charge in [-0.05, 0) is 6.42 Å². The van der Waals surface area contributed by atoms with Gasteiger partial charge in [0.25, 0.3) is 0 Å². The molecule has 0 amide bonds. The fourth-order valence-electron chi connectivity index (χ4n) is 1.19. The number of methoxy groups -OCH3 is 1. The Kier molecular flexibility index (Phi) is 3.29. The first-order chi connectivity index (χ1) is 5.77. The normalized spacial score (nSPS) is 13.2. The summed E-state index contributed by atoms with van der Waals surface area (Å²) in [7, 11) is 3.75. The van der Waals surface area contributed by atoms with Crippen LogP contribution in [-0.2, 0) is 18.2 Å². The lowest BCUT2D eigenvalue weighted by Crippen LogP contribution is -2.15. The lowest BCUT2D eigenvalue weighted by molar-refractivity contribution is 0.0975. The van der Waals surface area contributed by atoms with Crippen LogP contribution in [0.4, 0.5) is 0 Å². The predicted octanol–water partition coefficient (Wildman–Crippen LogP) is 1.39. The van der Waals surface area contributed by atoms with Gasteiger partial charge < -0.3 is 9.30 Å². The van der Waals surface area contributed by atoms with E-state index in [0.29, 0.717) is 6.10 Å². The maximum Gasteiger partial charge on any atom is 0.110 e. The minimum Gasteiger partial charge on any atom is -0.381 e. The highest BCUT2D eigenvalue weighted by Gasteiger charge is 2.08. The molecule has 0 aliphatic heterocycles. The second-order valence-corrected chi connectivity index (χ2v) is 2.92. The molecule has 3 heteroatoms. The number of hydrogen-bond donors (Lipinski definition) is 0. The van der Waals surface area contributed by atoms with Crippen LogP contribution in [0.3, 0.4) is 0 Å². The van der Waals surface area contributed by atoms with Gasteiger partial charge in [0.1, 0.15) is 5.82 Å². The van der Waals surface area contributed by atoms with Gasteiger partial charge >= 0.3 is 0 Å². The molecule has 0 bridgehead atoms. The van der Waals surface area contributed by atoms with Crippen molar-refractivity contribution < 1.29 is 4.74 Å². The van der Waals surface area contributed by atoms with Gasteiger partial charge in [-0.2, -0.15) is 0 Å². The van der Waals surface area contributed by atoms with Crippen molar-refractivity contribution in [3.8, 4) is 0 Å². The van der Waals surface area contributed by atoms with E-state index in [-0.39, 0.29) is 0 Å². The summed E-state index contributed by atoms with van der Waals surface area (Å²) in [4.78, 5) is 4.23. The van der Waals surface area contributed by atoms with E-state index in [2.05, 4.69) is 11.9 Å². The van der Waals surface area contributed by atoms with E-state index >= 15 is 0 Å². The van der Waals surface area contributed by atoms with Crippen molar-refractivity contribution in [1.29, 1.82) is 0 Å². The van der Waals surface area contributed by atoms with Crippen LogP contribution < -0.4 is 0 Å². The third kappa shape index (κ3) is 2.08. The third-order valence-corrected chi connectivity index (χ3v) is 2.12. The smallest absolute Gasteiger partial charge is 0.110 e. The quantitative estimate of drug-likeness (QED) is 0.679. The van der Waals surface area contributed by atoms with Crippen LogP contribution in [0.1, 0.15) is 19.2 Å². The van der Waals surface area contributed by atoms with Gasteiger partial charge in [0.2, 0.25) is 0 Å². The number of aromatic nitrogens is 2. The number of ether oxygens (including phenoxy) is 1. The minimum atomic E-state index is 0.297. The Hall–Kier alpha value is -0.830. The summed E-state index contributed by atoms with van der Waals surface area (Å²) in [5.41, 5.74) is 0. The SMILES string of the molecule is CCC(Cc1nccn1C)OC. The highest BCUT2D eigenvalue weighted by atomic mass is 16.5. The lowest BCUT2D eigenvalue weighted by Gasteiger charge is -2.11. The highest BCUT2D eigenvalue weighted by molar-refractivity contribution is 4.92. The highest BCUT2D eigenvalue weighted by Crippen LogP contribution is 2.05. The predicted molar refractivity (Wildman–Crippen MR) is 48.0 cm³/mol. The minimum absolute atomic E-state index is 0.297. The maximum absolute atomic E-state index is 5.27. The molecule has 0 aliphatic carbocycles. The molecule has 0 saturated carbocycles. The molecule has 1 rings (SSSR count). The van der Waals surface area contributed by atoms with E-state index in [1.54, 1.807) is 7.11 Å². The van der Waals surface area contributed by atoms with Crippen molar-refractivity contribution in [3.05, 3.63) is 18.2 Å². The number of nitrogens with zero attached hydrogens (tertiary/aromatic N) is 2. The molecular weight excluding hydrogens is 152 g/mol. The molecule has 1 aromatic rings. The molecule has 0 saturated heterocycles. The topological polar surface area (TPSA) is 27.1 Å². The first-order valence-corrected chi connectivity index (χ1v) is 4.27. The molecule has 1 aromatic heterocycles. The van der Waals surface area contributed by atoms with E-state index in [1.807, 2.05) is 24.0 Å². The van der Waals surface area contributed by atoms with Crippen molar-refractivity contribution in [2.45, 2.75) is 25.9 Å². The average Bonchev–Trinajstić information content (AvgIpc) is 2.47. The van der Waals surface area contributed by atoms with Crippen molar-refractivity contribution in [2.24, 2.45) is 7.05 Å². The van der Waals surface area contributed by atoms with Gasteiger partial charge in [-0.3, -0.25) is 0 Å². The molecule has 1 heterocycles. The summed E-state index contributed by atoms with van der Waals surface area (Å²) < 4.78 is 7.30. The summed E-state index contributed by atoms with van der Waals surface area (Å²) in [5.74, 6) is 1.09. The number of hydrogen-bond acceptors (Lipinski definition) is 2. The Labute approximate surface area is 73.4 Å². The molecule has 0 N–H and O–H groups in total. The van der Waals surface area contributed by atoms with Crippen LogP contribution in [-0.4, -0.2) is 22.8 Å². The Balaban J connectivity index is 2.56. The zero-order valence-electron chi connectivity index (χ0n) is 7.95. The molecule has 0 aliphatic rings. The van der Waals surface area contributed by atoms with Gasteiger partial charge in [-0.1, -0.05) is 6.92 Å². The fourth-order valence-corrected chi connectivity index (χ4v) is 1.19. The number of imidazole rings is 1. The standard InChI is InChI=1S/C9H16N2O/c1-4-8(12-3)7-9-10-5-6-11(9)2/h5-6,8H,4,7H2,1-3H3. The largest absolute Gasteiger partial charge is 0.381 e. The Morgan fingerprint density at radius 3 is 2.83 bits per heavy atom. The maximum atomic E-state index is 5.27. The summed E-state index contributed by atoms with van der Waals surface area (Å²) in [6.45, 7) is 2.12. The van der Waals surface area contributed by atoms with Crippen LogP contribution in [0.25, 0.3) is 0 Å². The molecule has 1 unspecified atom stereocenters. The van der Waals surface area contributed by atoms with Gasteiger partial charge in [0.05, 0.1) is 6.10 Å². The summed E-state index contributed by atoms with van der Waals surface area (Å²) >= 11 is 0. The number of aryl methyl sites for hydroxylation is 1. The Morgan fingerprint density at radius 1 is 1.67 bits per heavy atom. The Bertz CT molecular complexity index is 228. The van der Waals surface area contributed by atoms with Crippen molar-refractivity contribution in [1.82, 2.24) is 9.55 Å². The van der Waals surface area contributed by atoms with Crippen molar-refractivity contribution >= 4 is 0 Å². The fraction of sp³-hybridized carbons (Fsp3) is 0.667.